The van der Waals surface area contributed by atoms with Gasteiger partial charge in [0.1, 0.15) is 0 Å². The molecule has 0 radical (unpaired) electrons. The molecule has 4 rings (SSSR count). The van der Waals surface area contributed by atoms with Gasteiger partial charge in [-0.2, -0.15) is 0 Å². The Morgan fingerprint density at radius 2 is 1.19 bits per heavy atom. The molecule has 0 unspecified atom stereocenters. The number of amides is 2. The van der Waals surface area contributed by atoms with Crippen molar-refractivity contribution in [3.05, 3.63) is 70.8 Å². The molecule has 0 atom stereocenters. The lowest BCUT2D eigenvalue weighted by molar-refractivity contribution is 0.0141. The van der Waals surface area contributed by atoms with Crippen molar-refractivity contribution in [1.29, 1.82) is 0 Å². The third-order valence-electron chi connectivity index (χ3n) is 7.45. The van der Waals surface area contributed by atoms with Crippen LogP contribution in [-0.4, -0.2) is 45.8 Å². The van der Waals surface area contributed by atoms with E-state index in [0.717, 1.165) is 29.7 Å². The first kappa shape index (κ1) is 31.4. The van der Waals surface area contributed by atoms with E-state index in [-0.39, 0.29) is 28.8 Å². The molecule has 0 saturated heterocycles. The van der Waals surface area contributed by atoms with Crippen LogP contribution in [-0.2, 0) is 11.8 Å². The fourth-order valence-electron chi connectivity index (χ4n) is 5.05. The van der Waals surface area contributed by atoms with Crippen LogP contribution in [0.15, 0.2) is 48.5 Å². The maximum atomic E-state index is 12.7. The van der Waals surface area contributed by atoms with Crippen LogP contribution in [0.5, 0.6) is 0 Å². The summed E-state index contributed by atoms with van der Waals surface area (Å²) in [5, 5.41) is 0. The predicted molar refractivity (Wildman–Crippen MR) is 154 cm³/mol. The van der Waals surface area contributed by atoms with E-state index in [4.69, 9.17) is 0 Å². The molecule has 0 fully saturated rings. The predicted octanol–water partition coefficient (Wildman–Crippen LogP) is 7.75. The number of rotatable bonds is 2. The molecular weight excluding hydrogens is 444 g/mol. The van der Waals surface area contributed by atoms with E-state index < -0.39 is 0 Å². The van der Waals surface area contributed by atoms with Crippen molar-refractivity contribution in [2.24, 2.45) is 0 Å². The second kappa shape index (κ2) is 13.1. The molecule has 0 spiro atoms. The summed E-state index contributed by atoms with van der Waals surface area (Å²) in [6.45, 7) is 25.9. The van der Waals surface area contributed by atoms with Gasteiger partial charge in [0, 0.05) is 40.7 Å². The summed E-state index contributed by atoms with van der Waals surface area (Å²) in [7, 11) is 0. The zero-order chi connectivity index (χ0) is 27.8. The minimum absolute atomic E-state index is 0.0538. The second-order valence-electron chi connectivity index (χ2n) is 10.5. The van der Waals surface area contributed by atoms with Gasteiger partial charge in [-0.3, -0.25) is 9.59 Å². The smallest absolute Gasteiger partial charge is 0.254 e. The Kier molecular flexibility index (Phi) is 11.4. The molecule has 0 saturated carbocycles. The molecule has 0 aromatic heterocycles. The van der Waals surface area contributed by atoms with Gasteiger partial charge in [-0.15, -0.1) is 0 Å². The van der Waals surface area contributed by atoms with Gasteiger partial charge in [0.05, 0.1) is 0 Å². The fourth-order valence-corrected chi connectivity index (χ4v) is 5.05. The first-order valence-corrected chi connectivity index (χ1v) is 13.7. The maximum absolute atomic E-state index is 12.7. The highest BCUT2D eigenvalue weighted by molar-refractivity contribution is 5.98. The van der Waals surface area contributed by atoms with Crippen molar-refractivity contribution in [2.45, 2.75) is 113 Å². The van der Waals surface area contributed by atoms with Crippen LogP contribution in [0, 0.1) is 0 Å². The highest BCUT2D eigenvalue weighted by atomic mass is 16.2. The Balaban J connectivity index is 0.000000323. The Morgan fingerprint density at radius 1 is 0.694 bits per heavy atom. The second-order valence-corrected chi connectivity index (χ2v) is 10.5. The first-order valence-electron chi connectivity index (χ1n) is 13.7. The number of hydrogen-bond donors (Lipinski definition) is 0. The summed E-state index contributed by atoms with van der Waals surface area (Å²) in [4.78, 5) is 28.6. The molecule has 4 heteroatoms. The third kappa shape index (κ3) is 6.02. The van der Waals surface area contributed by atoms with Crippen molar-refractivity contribution in [1.82, 2.24) is 9.80 Å². The Hall–Kier alpha value is -2.62. The van der Waals surface area contributed by atoms with Crippen LogP contribution in [0.3, 0.4) is 0 Å². The Labute approximate surface area is 221 Å². The average molecular weight is 495 g/mol. The van der Waals surface area contributed by atoms with Gasteiger partial charge in [-0.25, -0.2) is 0 Å². The molecule has 2 heterocycles. The van der Waals surface area contributed by atoms with E-state index >= 15 is 0 Å². The highest BCUT2D eigenvalue weighted by Crippen LogP contribution is 2.45. The molecule has 0 N–H and O–H groups in total. The largest absolute Gasteiger partial charge is 0.336 e. The molecule has 0 aliphatic carbocycles. The quantitative estimate of drug-likeness (QED) is 0.428. The third-order valence-corrected chi connectivity index (χ3v) is 7.45. The molecule has 36 heavy (non-hydrogen) atoms. The first-order chi connectivity index (χ1) is 16.9. The molecular formula is C32H50N2O2. The molecule has 2 amide bonds. The van der Waals surface area contributed by atoms with Crippen LogP contribution < -0.4 is 0 Å². The lowest BCUT2D eigenvalue weighted by atomic mass is 9.64. The van der Waals surface area contributed by atoms with Crippen LogP contribution in [0.25, 0.3) is 0 Å². The topological polar surface area (TPSA) is 40.6 Å². The fraction of sp³-hybridized carbons (Fsp3) is 0.562. The van der Waals surface area contributed by atoms with Crippen molar-refractivity contribution < 1.29 is 9.59 Å². The van der Waals surface area contributed by atoms with Gasteiger partial charge in [-0.05, 0) is 71.2 Å². The number of carbonyl (C=O) groups is 2. The molecule has 2 aliphatic rings. The number of nitrogens with zero attached hydrogens (tertiary/aromatic N) is 2. The summed E-state index contributed by atoms with van der Waals surface area (Å²) >= 11 is 0. The number of fused-ring (bicyclic) bond motifs is 2. The van der Waals surface area contributed by atoms with E-state index in [1.807, 2.05) is 80.0 Å². The molecule has 4 nitrogen and oxygen atoms in total. The summed E-state index contributed by atoms with van der Waals surface area (Å²) in [6, 6.07) is 16.4. The Bertz CT molecular complexity index is 1000. The van der Waals surface area contributed by atoms with Crippen molar-refractivity contribution in [3.63, 3.8) is 0 Å². The lowest BCUT2D eigenvalue weighted by Crippen LogP contribution is -2.64. The standard InChI is InChI=1S/C16H23NO.C12H15NO.2C2H6/c1-11(2)17-14(18)12-9-7-8-10-13(12)15(3,4)16(17,5)6;1-9(2)13-8-7-10-5-3-4-6-11(10)12(13)14;2*1-2/h7-11H,1-6H3;3-6,9H,7-8H2,1-2H3;2*1-2H3. The minimum atomic E-state index is -0.188. The van der Waals surface area contributed by atoms with E-state index in [2.05, 4.69) is 61.5 Å². The number of carbonyl (C=O) groups excluding carboxylic acids is 2. The van der Waals surface area contributed by atoms with Gasteiger partial charge < -0.3 is 9.80 Å². The molecule has 2 aromatic rings. The van der Waals surface area contributed by atoms with Gasteiger partial charge in [0.25, 0.3) is 11.8 Å². The van der Waals surface area contributed by atoms with E-state index in [1.165, 1.54) is 5.56 Å². The van der Waals surface area contributed by atoms with Crippen LogP contribution >= 0.6 is 0 Å². The number of benzene rings is 2. The van der Waals surface area contributed by atoms with Crippen LogP contribution in [0.2, 0.25) is 0 Å². The SMILES string of the molecule is CC.CC.CC(C)N1C(=O)c2ccccc2C(C)(C)C1(C)C.CC(C)N1CCc2ccccc2C1=O. The van der Waals surface area contributed by atoms with Crippen LogP contribution in [0.4, 0.5) is 0 Å². The van der Waals surface area contributed by atoms with Gasteiger partial charge >= 0.3 is 0 Å². The Morgan fingerprint density at radius 3 is 1.72 bits per heavy atom. The summed E-state index contributed by atoms with van der Waals surface area (Å²) < 4.78 is 0. The van der Waals surface area contributed by atoms with E-state index in [0.29, 0.717) is 6.04 Å². The zero-order valence-electron chi connectivity index (χ0n) is 24.9. The molecule has 200 valence electrons. The summed E-state index contributed by atoms with van der Waals surface area (Å²) in [6.07, 6.45) is 0.986. The molecule has 2 aromatic carbocycles. The number of hydrogen-bond acceptors (Lipinski definition) is 2. The van der Waals surface area contributed by atoms with Gasteiger partial charge in [0.2, 0.25) is 0 Å². The molecule has 0 bridgehead atoms. The maximum Gasteiger partial charge on any atom is 0.254 e. The van der Waals surface area contributed by atoms with Gasteiger partial charge in [0.15, 0.2) is 0 Å². The highest BCUT2D eigenvalue weighted by Gasteiger charge is 2.51. The monoisotopic (exact) mass is 494 g/mol. The summed E-state index contributed by atoms with van der Waals surface area (Å²) in [5.74, 6) is 0.340. The lowest BCUT2D eigenvalue weighted by Gasteiger charge is -2.55. The van der Waals surface area contributed by atoms with Crippen LogP contribution in [0.1, 0.15) is 115 Å². The molecule has 2 aliphatic heterocycles. The minimum Gasteiger partial charge on any atom is -0.336 e. The van der Waals surface area contributed by atoms with Gasteiger partial charge in [-0.1, -0.05) is 77.9 Å². The van der Waals surface area contributed by atoms with Crippen molar-refractivity contribution in [3.8, 4) is 0 Å². The van der Waals surface area contributed by atoms with Crippen molar-refractivity contribution >= 4 is 11.8 Å². The average Bonchev–Trinajstić information content (AvgIpc) is 2.86. The van der Waals surface area contributed by atoms with E-state index in [1.54, 1.807) is 0 Å². The normalized spacial score (nSPS) is 17.1. The zero-order valence-corrected chi connectivity index (χ0v) is 24.9. The summed E-state index contributed by atoms with van der Waals surface area (Å²) in [5.41, 5.74) is 3.85. The van der Waals surface area contributed by atoms with Crippen molar-refractivity contribution in [2.75, 3.05) is 6.54 Å². The van der Waals surface area contributed by atoms with E-state index in [9.17, 15) is 9.59 Å².